The summed E-state index contributed by atoms with van der Waals surface area (Å²) in [4.78, 5) is 34.5. The Kier molecular flexibility index (Phi) is 4.62. The number of likely N-dealkylation sites (tertiary alicyclic amines) is 1. The van der Waals surface area contributed by atoms with E-state index in [4.69, 9.17) is 0 Å². The molecule has 26 heavy (non-hydrogen) atoms. The number of hydrogen-bond acceptors (Lipinski definition) is 3. The van der Waals surface area contributed by atoms with Gasteiger partial charge in [0.25, 0.3) is 11.5 Å². The quantitative estimate of drug-likeness (QED) is 0.921. The zero-order chi connectivity index (χ0) is 18.1. The van der Waals surface area contributed by atoms with Gasteiger partial charge in [0.15, 0.2) is 0 Å². The van der Waals surface area contributed by atoms with Crippen molar-refractivity contribution in [3.63, 3.8) is 0 Å². The SMILES string of the molecule is Cc1cc(CC[C@H]2CCCN2C(=O)c2cc3c([nH]c2=O)CCC3)ccn1. The first kappa shape index (κ1) is 17.0. The monoisotopic (exact) mass is 351 g/mol. The van der Waals surface area contributed by atoms with Gasteiger partial charge in [-0.25, -0.2) is 0 Å². The largest absolute Gasteiger partial charge is 0.335 e. The van der Waals surface area contributed by atoms with Gasteiger partial charge in [-0.05, 0) is 81.2 Å². The van der Waals surface area contributed by atoms with Gasteiger partial charge in [-0.2, -0.15) is 0 Å². The van der Waals surface area contributed by atoms with E-state index in [0.29, 0.717) is 5.56 Å². The topological polar surface area (TPSA) is 66.1 Å². The number of carbonyl (C=O) groups is 1. The molecule has 5 nitrogen and oxygen atoms in total. The highest BCUT2D eigenvalue weighted by molar-refractivity contribution is 5.94. The highest BCUT2D eigenvalue weighted by atomic mass is 16.2. The van der Waals surface area contributed by atoms with Crippen molar-refractivity contribution in [3.8, 4) is 0 Å². The number of nitrogens with zero attached hydrogens (tertiary/aromatic N) is 2. The van der Waals surface area contributed by atoms with Crippen molar-refractivity contribution in [3.05, 3.63) is 62.8 Å². The lowest BCUT2D eigenvalue weighted by Gasteiger charge is -2.25. The van der Waals surface area contributed by atoms with Gasteiger partial charge in [0.1, 0.15) is 5.56 Å². The normalized spacial score (nSPS) is 19.0. The first-order valence-corrected chi connectivity index (χ1v) is 9.59. The number of aryl methyl sites for hydroxylation is 4. The van der Waals surface area contributed by atoms with Gasteiger partial charge in [0.05, 0.1) is 0 Å². The van der Waals surface area contributed by atoms with Crippen LogP contribution in [0, 0.1) is 6.92 Å². The Bertz CT molecular complexity index is 887. The Hall–Kier alpha value is -2.43. The fourth-order valence-corrected chi connectivity index (χ4v) is 4.32. The molecule has 136 valence electrons. The zero-order valence-corrected chi connectivity index (χ0v) is 15.3. The molecule has 1 fully saturated rings. The van der Waals surface area contributed by atoms with E-state index in [1.54, 1.807) is 0 Å². The third kappa shape index (κ3) is 3.30. The molecule has 0 spiro atoms. The summed E-state index contributed by atoms with van der Waals surface area (Å²) in [6, 6.07) is 6.19. The summed E-state index contributed by atoms with van der Waals surface area (Å²) in [6.07, 6.45) is 8.64. The highest BCUT2D eigenvalue weighted by Gasteiger charge is 2.31. The van der Waals surface area contributed by atoms with Gasteiger partial charge in [0, 0.05) is 30.2 Å². The molecule has 5 heteroatoms. The lowest BCUT2D eigenvalue weighted by molar-refractivity contribution is 0.0728. The van der Waals surface area contributed by atoms with Crippen LogP contribution in [-0.4, -0.2) is 33.4 Å². The Morgan fingerprint density at radius 3 is 3.04 bits per heavy atom. The van der Waals surface area contributed by atoms with Crippen LogP contribution < -0.4 is 5.56 Å². The zero-order valence-electron chi connectivity index (χ0n) is 15.3. The first-order valence-electron chi connectivity index (χ1n) is 9.59. The smallest absolute Gasteiger partial charge is 0.261 e. The number of nitrogens with one attached hydrogen (secondary N) is 1. The van der Waals surface area contributed by atoms with Crippen molar-refractivity contribution in [2.75, 3.05) is 6.54 Å². The number of hydrogen-bond donors (Lipinski definition) is 1. The van der Waals surface area contributed by atoms with Crippen LogP contribution in [0.15, 0.2) is 29.2 Å². The predicted molar refractivity (Wildman–Crippen MR) is 100 cm³/mol. The molecular weight excluding hydrogens is 326 g/mol. The molecule has 1 amide bonds. The van der Waals surface area contributed by atoms with E-state index in [0.717, 1.165) is 68.4 Å². The summed E-state index contributed by atoms with van der Waals surface area (Å²) in [5.41, 5.74) is 4.51. The minimum Gasteiger partial charge on any atom is -0.335 e. The molecular formula is C21H25N3O2. The fraction of sp³-hybridized carbons (Fsp3) is 0.476. The van der Waals surface area contributed by atoms with E-state index in [-0.39, 0.29) is 17.5 Å². The predicted octanol–water partition coefficient (Wildman–Crippen LogP) is 2.80. The number of amides is 1. The third-order valence-electron chi connectivity index (χ3n) is 5.68. The number of pyridine rings is 2. The molecule has 0 bridgehead atoms. The van der Waals surface area contributed by atoms with Crippen LogP contribution in [0.3, 0.4) is 0 Å². The third-order valence-corrected chi connectivity index (χ3v) is 5.68. The van der Waals surface area contributed by atoms with Gasteiger partial charge >= 0.3 is 0 Å². The van der Waals surface area contributed by atoms with Crippen LogP contribution in [0.4, 0.5) is 0 Å². The average Bonchev–Trinajstić information content (AvgIpc) is 3.27. The summed E-state index contributed by atoms with van der Waals surface area (Å²) in [5, 5.41) is 0. The Morgan fingerprint density at radius 1 is 1.31 bits per heavy atom. The van der Waals surface area contributed by atoms with Crippen molar-refractivity contribution in [2.45, 2.75) is 57.9 Å². The molecule has 4 rings (SSSR count). The van der Waals surface area contributed by atoms with Gasteiger partial charge in [0.2, 0.25) is 0 Å². The Morgan fingerprint density at radius 2 is 2.19 bits per heavy atom. The van der Waals surface area contributed by atoms with Gasteiger partial charge < -0.3 is 9.88 Å². The summed E-state index contributed by atoms with van der Waals surface area (Å²) in [7, 11) is 0. The molecule has 0 unspecified atom stereocenters. The van der Waals surface area contributed by atoms with Gasteiger partial charge in [-0.15, -0.1) is 0 Å². The second-order valence-electron chi connectivity index (χ2n) is 7.51. The maximum absolute atomic E-state index is 13.0. The van der Waals surface area contributed by atoms with Crippen LogP contribution in [0.5, 0.6) is 0 Å². The number of aromatic amines is 1. The lowest BCUT2D eigenvalue weighted by Crippen LogP contribution is -2.38. The van der Waals surface area contributed by atoms with Crippen LogP contribution in [0.1, 0.15) is 58.6 Å². The van der Waals surface area contributed by atoms with Crippen LogP contribution >= 0.6 is 0 Å². The average molecular weight is 351 g/mol. The van der Waals surface area contributed by atoms with Crippen molar-refractivity contribution in [1.29, 1.82) is 0 Å². The molecule has 1 aliphatic heterocycles. The molecule has 2 aromatic heterocycles. The second kappa shape index (κ2) is 7.06. The van der Waals surface area contributed by atoms with Crippen molar-refractivity contribution >= 4 is 5.91 Å². The minimum atomic E-state index is -0.231. The summed E-state index contributed by atoms with van der Waals surface area (Å²) >= 11 is 0. The summed E-state index contributed by atoms with van der Waals surface area (Å²) < 4.78 is 0. The molecule has 3 heterocycles. The van der Waals surface area contributed by atoms with Crippen LogP contribution in [-0.2, 0) is 19.3 Å². The number of H-pyrrole nitrogens is 1. The van der Waals surface area contributed by atoms with Crippen LogP contribution in [0.2, 0.25) is 0 Å². The van der Waals surface area contributed by atoms with E-state index in [1.165, 1.54) is 5.56 Å². The minimum absolute atomic E-state index is 0.102. The molecule has 0 saturated carbocycles. The maximum atomic E-state index is 13.0. The molecule has 2 aromatic rings. The van der Waals surface area contributed by atoms with E-state index in [1.807, 2.05) is 30.2 Å². The molecule has 0 radical (unpaired) electrons. The van der Waals surface area contributed by atoms with E-state index >= 15 is 0 Å². The fourth-order valence-electron chi connectivity index (χ4n) is 4.32. The van der Waals surface area contributed by atoms with E-state index < -0.39 is 0 Å². The van der Waals surface area contributed by atoms with Crippen LogP contribution in [0.25, 0.3) is 0 Å². The highest BCUT2D eigenvalue weighted by Crippen LogP contribution is 2.25. The summed E-state index contributed by atoms with van der Waals surface area (Å²) in [5.74, 6) is -0.102. The van der Waals surface area contributed by atoms with E-state index in [9.17, 15) is 9.59 Å². The number of carbonyl (C=O) groups excluding carboxylic acids is 1. The Balaban J connectivity index is 1.49. The molecule has 1 atom stereocenters. The maximum Gasteiger partial charge on any atom is 0.261 e. The first-order chi connectivity index (χ1) is 12.6. The van der Waals surface area contributed by atoms with Gasteiger partial charge in [-0.1, -0.05) is 0 Å². The Labute approximate surface area is 153 Å². The second-order valence-corrected chi connectivity index (χ2v) is 7.51. The molecule has 1 aliphatic carbocycles. The molecule has 0 aromatic carbocycles. The standard InChI is InChI=1S/C21H25N3O2/c1-14-12-15(9-10-22-14)7-8-17-5-3-11-24(17)21(26)18-13-16-4-2-6-19(16)23-20(18)25/h9-10,12-13,17H,2-8,11H2,1H3,(H,23,25)/t17-/m1/s1. The summed E-state index contributed by atoms with van der Waals surface area (Å²) in [6.45, 7) is 2.74. The van der Waals surface area contributed by atoms with Crippen molar-refractivity contribution < 1.29 is 4.79 Å². The molecule has 1 saturated heterocycles. The molecule has 1 N–H and O–H groups in total. The molecule has 2 aliphatic rings. The van der Waals surface area contributed by atoms with Crippen molar-refractivity contribution in [1.82, 2.24) is 14.9 Å². The number of aromatic nitrogens is 2. The van der Waals surface area contributed by atoms with Gasteiger partial charge in [-0.3, -0.25) is 14.6 Å². The number of fused-ring (bicyclic) bond motifs is 1. The van der Waals surface area contributed by atoms with Crippen molar-refractivity contribution in [2.24, 2.45) is 0 Å². The van der Waals surface area contributed by atoms with E-state index in [2.05, 4.69) is 16.0 Å². The lowest BCUT2D eigenvalue weighted by atomic mass is 10.0. The number of rotatable bonds is 4.